The molecule has 1 N–H and O–H groups in total. The number of hydrogen-bond acceptors (Lipinski definition) is 3. The molecular formula is C22H30N2O3S. The highest BCUT2D eigenvalue weighted by atomic mass is 32.2. The van der Waals surface area contributed by atoms with Crippen LogP contribution in [0.15, 0.2) is 53.4 Å². The van der Waals surface area contributed by atoms with E-state index in [1.165, 1.54) is 4.31 Å². The lowest BCUT2D eigenvalue weighted by molar-refractivity contribution is -0.121. The van der Waals surface area contributed by atoms with E-state index in [9.17, 15) is 13.2 Å². The number of amides is 1. The molecule has 0 heterocycles. The second-order valence-electron chi connectivity index (χ2n) is 8.37. The van der Waals surface area contributed by atoms with Crippen LogP contribution in [0.25, 0.3) is 0 Å². The molecule has 0 radical (unpaired) electrons. The largest absolute Gasteiger partial charge is 0.350 e. The molecule has 6 heteroatoms. The van der Waals surface area contributed by atoms with Crippen LogP contribution in [0.5, 0.6) is 0 Å². The van der Waals surface area contributed by atoms with Crippen molar-refractivity contribution in [2.75, 3.05) is 10.8 Å². The molecule has 2 aromatic rings. The highest BCUT2D eigenvalue weighted by Gasteiger charge is 2.28. The number of nitrogens with one attached hydrogen (secondary N) is 1. The lowest BCUT2D eigenvalue weighted by Crippen LogP contribution is -2.47. The van der Waals surface area contributed by atoms with Crippen molar-refractivity contribution in [3.8, 4) is 0 Å². The van der Waals surface area contributed by atoms with Gasteiger partial charge in [-0.15, -0.1) is 0 Å². The van der Waals surface area contributed by atoms with Crippen LogP contribution in [0, 0.1) is 6.92 Å². The average Bonchev–Trinajstić information content (AvgIpc) is 2.58. The zero-order valence-electron chi connectivity index (χ0n) is 17.5. The fourth-order valence-corrected chi connectivity index (χ4v) is 4.19. The topological polar surface area (TPSA) is 66.5 Å². The van der Waals surface area contributed by atoms with Crippen molar-refractivity contribution in [1.82, 2.24) is 5.32 Å². The standard InChI is InChI=1S/C22H30N2O3S/c1-16(2)18-9-11-19(12-10-18)24(15-21(25)23-22(4,5)6)28(26,27)20-13-7-17(3)8-14-20/h7-14,16H,15H2,1-6H3,(H,23,25). The van der Waals surface area contributed by atoms with Crippen molar-refractivity contribution in [2.45, 2.75) is 57.9 Å². The minimum absolute atomic E-state index is 0.162. The molecule has 152 valence electrons. The van der Waals surface area contributed by atoms with Gasteiger partial charge in [0.25, 0.3) is 10.0 Å². The molecule has 0 bridgehead atoms. The van der Waals surface area contributed by atoms with Gasteiger partial charge in [0.1, 0.15) is 6.54 Å². The predicted octanol–water partition coefficient (Wildman–Crippen LogP) is 4.23. The van der Waals surface area contributed by atoms with E-state index in [2.05, 4.69) is 19.2 Å². The summed E-state index contributed by atoms with van der Waals surface area (Å²) in [6, 6.07) is 14.0. The molecule has 0 aliphatic carbocycles. The van der Waals surface area contributed by atoms with Crippen LogP contribution in [-0.2, 0) is 14.8 Å². The van der Waals surface area contributed by atoms with Gasteiger partial charge >= 0.3 is 0 Å². The molecule has 0 atom stereocenters. The third-order valence-corrected chi connectivity index (χ3v) is 6.05. The van der Waals surface area contributed by atoms with Gasteiger partial charge in [0.05, 0.1) is 10.6 Å². The third kappa shape index (κ3) is 5.58. The van der Waals surface area contributed by atoms with Crippen LogP contribution in [0.2, 0.25) is 0 Å². The Morgan fingerprint density at radius 3 is 2.00 bits per heavy atom. The van der Waals surface area contributed by atoms with Gasteiger partial charge < -0.3 is 5.32 Å². The van der Waals surface area contributed by atoms with E-state index in [1.54, 1.807) is 36.4 Å². The Hall–Kier alpha value is -2.34. The molecule has 2 rings (SSSR count). The van der Waals surface area contributed by atoms with Crippen molar-refractivity contribution < 1.29 is 13.2 Å². The lowest BCUT2D eigenvalue weighted by Gasteiger charge is -2.27. The smallest absolute Gasteiger partial charge is 0.264 e. The molecule has 0 unspecified atom stereocenters. The van der Waals surface area contributed by atoms with Crippen LogP contribution in [-0.4, -0.2) is 26.4 Å². The molecule has 5 nitrogen and oxygen atoms in total. The highest BCUT2D eigenvalue weighted by molar-refractivity contribution is 7.92. The molecule has 2 aromatic carbocycles. The van der Waals surface area contributed by atoms with Crippen LogP contribution in [0.4, 0.5) is 5.69 Å². The van der Waals surface area contributed by atoms with Gasteiger partial charge in [0, 0.05) is 5.54 Å². The number of carbonyl (C=O) groups is 1. The number of hydrogen-bond donors (Lipinski definition) is 1. The summed E-state index contributed by atoms with van der Waals surface area (Å²) < 4.78 is 27.8. The Labute approximate surface area is 168 Å². The molecule has 1 amide bonds. The lowest BCUT2D eigenvalue weighted by atomic mass is 10.0. The number of aryl methyl sites for hydroxylation is 1. The first-order valence-electron chi connectivity index (χ1n) is 9.40. The number of carbonyl (C=O) groups excluding carboxylic acids is 1. The summed E-state index contributed by atoms with van der Waals surface area (Å²) in [5, 5.41) is 2.84. The first-order chi connectivity index (χ1) is 12.9. The van der Waals surface area contributed by atoms with Gasteiger partial charge in [0.15, 0.2) is 0 Å². The van der Waals surface area contributed by atoms with Gasteiger partial charge in [0.2, 0.25) is 5.91 Å². The van der Waals surface area contributed by atoms with E-state index in [0.29, 0.717) is 11.6 Å². The minimum Gasteiger partial charge on any atom is -0.350 e. The Bertz CT molecular complexity index is 910. The summed E-state index contributed by atoms with van der Waals surface area (Å²) in [5.41, 5.74) is 2.10. The summed E-state index contributed by atoms with van der Waals surface area (Å²) in [6.45, 7) is 11.4. The Morgan fingerprint density at radius 2 is 1.54 bits per heavy atom. The van der Waals surface area contributed by atoms with E-state index in [4.69, 9.17) is 0 Å². The van der Waals surface area contributed by atoms with Crippen LogP contribution in [0.3, 0.4) is 0 Å². The van der Waals surface area contributed by atoms with E-state index in [1.807, 2.05) is 39.8 Å². The summed E-state index contributed by atoms with van der Waals surface area (Å²) >= 11 is 0. The number of benzene rings is 2. The quantitative estimate of drug-likeness (QED) is 0.786. The van der Waals surface area contributed by atoms with E-state index in [-0.39, 0.29) is 17.3 Å². The van der Waals surface area contributed by atoms with Gasteiger partial charge in [-0.05, 0) is 63.4 Å². The van der Waals surface area contributed by atoms with Gasteiger partial charge in [-0.25, -0.2) is 8.42 Å². The van der Waals surface area contributed by atoms with Crippen molar-refractivity contribution in [3.63, 3.8) is 0 Å². The van der Waals surface area contributed by atoms with E-state index < -0.39 is 15.6 Å². The van der Waals surface area contributed by atoms with Gasteiger partial charge in [-0.1, -0.05) is 43.7 Å². The molecular weight excluding hydrogens is 372 g/mol. The molecule has 28 heavy (non-hydrogen) atoms. The summed E-state index contributed by atoms with van der Waals surface area (Å²) in [7, 11) is -3.88. The molecule has 0 aliphatic heterocycles. The predicted molar refractivity (Wildman–Crippen MR) is 114 cm³/mol. The first-order valence-corrected chi connectivity index (χ1v) is 10.8. The first kappa shape index (κ1) is 22.0. The maximum atomic E-state index is 13.3. The van der Waals surface area contributed by atoms with Crippen molar-refractivity contribution in [3.05, 3.63) is 59.7 Å². The number of sulfonamides is 1. The second-order valence-corrected chi connectivity index (χ2v) is 10.2. The van der Waals surface area contributed by atoms with Crippen molar-refractivity contribution in [1.29, 1.82) is 0 Å². The Morgan fingerprint density at radius 1 is 1.00 bits per heavy atom. The Balaban J connectivity index is 2.45. The molecule has 0 saturated carbocycles. The molecule has 0 aliphatic rings. The minimum atomic E-state index is -3.88. The van der Waals surface area contributed by atoms with Gasteiger partial charge in [-0.2, -0.15) is 0 Å². The summed E-state index contributed by atoms with van der Waals surface area (Å²) in [6.07, 6.45) is 0. The summed E-state index contributed by atoms with van der Waals surface area (Å²) in [4.78, 5) is 12.7. The van der Waals surface area contributed by atoms with E-state index in [0.717, 1.165) is 11.1 Å². The summed E-state index contributed by atoms with van der Waals surface area (Å²) in [5.74, 6) is -0.0171. The molecule has 0 spiro atoms. The van der Waals surface area contributed by atoms with E-state index >= 15 is 0 Å². The third-order valence-electron chi connectivity index (χ3n) is 4.26. The number of anilines is 1. The van der Waals surface area contributed by atoms with Crippen LogP contribution < -0.4 is 9.62 Å². The SMILES string of the molecule is Cc1ccc(S(=O)(=O)N(CC(=O)NC(C)(C)C)c2ccc(C(C)C)cc2)cc1. The van der Waals surface area contributed by atoms with Crippen LogP contribution >= 0.6 is 0 Å². The maximum absolute atomic E-state index is 13.3. The van der Waals surface area contributed by atoms with Crippen molar-refractivity contribution >= 4 is 21.6 Å². The Kier molecular flexibility index (Phi) is 6.55. The zero-order valence-corrected chi connectivity index (χ0v) is 18.3. The molecule has 0 aromatic heterocycles. The number of rotatable bonds is 6. The second kappa shape index (κ2) is 8.35. The molecule has 0 saturated heterocycles. The highest BCUT2D eigenvalue weighted by Crippen LogP contribution is 2.26. The fraction of sp³-hybridized carbons (Fsp3) is 0.409. The monoisotopic (exact) mass is 402 g/mol. The van der Waals surface area contributed by atoms with Gasteiger partial charge in [-0.3, -0.25) is 9.10 Å². The fourth-order valence-electron chi connectivity index (χ4n) is 2.77. The number of nitrogens with zero attached hydrogens (tertiary/aromatic N) is 1. The molecule has 0 fully saturated rings. The zero-order chi connectivity index (χ0) is 21.1. The van der Waals surface area contributed by atoms with Crippen molar-refractivity contribution in [2.24, 2.45) is 0 Å². The normalized spacial score (nSPS) is 12.1. The average molecular weight is 403 g/mol. The maximum Gasteiger partial charge on any atom is 0.264 e. The van der Waals surface area contributed by atoms with Crippen LogP contribution in [0.1, 0.15) is 51.7 Å².